The van der Waals surface area contributed by atoms with Crippen LogP contribution in [0.25, 0.3) is 0 Å². The third kappa shape index (κ3) is 15.1. The Bertz CT molecular complexity index is 617. The second-order valence-electron chi connectivity index (χ2n) is 4.77. The zero-order valence-corrected chi connectivity index (χ0v) is 22.8. The van der Waals surface area contributed by atoms with E-state index >= 15 is 0 Å². The molecule has 0 saturated heterocycles. The van der Waals surface area contributed by atoms with Crippen LogP contribution in [-0.2, 0) is 28.6 Å². The summed E-state index contributed by atoms with van der Waals surface area (Å²) < 4.78 is 13.8. The van der Waals surface area contributed by atoms with Crippen LogP contribution in [0, 0.1) is 0 Å². The minimum atomic E-state index is -1.21. The largest absolute Gasteiger partial charge is 1.00 e. The summed E-state index contributed by atoms with van der Waals surface area (Å²) in [6, 6.07) is 0. The van der Waals surface area contributed by atoms with Gasteiger partial charge in [-0.25, -0.2) is 0 Å². The van der Waals surface area contributed by atoms with Crippen LogP contribution in [0.1, 0.15) is 0 Å². The smallest absolute Gasteiger partial charge is 0.546 e. The van der Waals surface area contributed by atoms with Crippen molar-refractivity contribution in [3.8, 4) is 0 Å². The molecule has 0 aromatic carbocycles. The SMILES string of the molecule is O=C([O-])C1C=CC=CO1.O=C([O-])C1C=CC=CO1.O=C([O-])C1C=CC=CO1.[Na+].[Na+].[Na+]. The molecular weight excluding hydrogens is 429 g/mol. The van der Waals surface area contributed by atoms with Gasteiger partial charge in [0, 0.05) is 0 Å². The molecule has 0 aromatic heterocycles. The Balaban J connectivity index is -0.000000347. The summed E-state index contributed by atoms with van der Waals surface area (Å²) >= 11 is 0. The molecule has 0 amide bonds. The predicted molar refractivity (Wildman–Crippen MR) is 84.5 cm³/mol. The molecule has 3 aliphatic rings. The van der Waals surface area contributed by atoms with Gasteiger partial charge < -0.3 is 43.9 Å². The fraction of sp³-hybridized carbons (Fsp3) is 0.167. The Morgan fingerprint density at radius 2 is 0.733 bits per heavy atom. The number of rotatable bonds is 3. The van der Waals surface area contributed by atoms with Gasteiger partial charge in [-0.1, -0.05) is 18.2 Å². The van der Waals surface area contributed by atoms with Crippen LogP contribution < -0.4 is 104 Å². The molecule has 144 valence electrons. The van der Waals surface area contributed by atoms with Gasteiger partial charge in [-0.2, -0.15) is 0 Å². The molecule has 0 aliphatic carbocycles. The Morgan fingerprint density at radius 3 is 0.833 bits per heavy atom. The molecule has 0 saturated carbocycles. The second-order valence-corrected chi connectivity index (χ2v) is 4.77. The minimum Gasteiger partial charge on any atom is -0.546 e. The van der Waals surface area contributed by atoms with Crippen LogP contribution in [0.3, 0.4) is 0 Å². The van der Waals surface area contributed by atoms with Crippen LogP contribution in [0.4, 0.5) is 0 Å². The van der Waals surface area contributed by atoms with Crippen molar-refractivity contribution in [2.45, 2.75) is 18.3 Å². The predicted octanol–water partition coefficient (Wildman–Crippen LogP) is -11.4. The number of ether oxygens (including phenoxy) is 3. The number of carbonyl (C=O) groups is 3. The zero-order chi connectivity index (χ0) is 20.1. The number of hydrogen-bond donors (Lipinski definition) is 0. The molecule has 3 atom stereocenters. The van der Waals surface area contributed by atoms with E-state index in [-0.39, 0.29) is 88.7 Å². The average molecular weight is 444 g/mol. The van der Waals surface area contributed by atoms with Gasteiger partial charge in [-0.05, 0) is 36.5 Å². The van der Waals surface area contributed by atoms with Crippen LogP contribution in [0.15, 0.2) is 73.5 Å². The van der Waals surface area contributed by atoms with E-state index in [1.165, 1.54) is 37.0 Å². The Labute approximate surface area is 239 Å². The van der Waals surface area contributed by atoms with E-state index in [0.717, 1.165) is 0 Å². The van der Waals surface area contributed by atoms with Crippen molar-refractivity contribution in [2.75, 3.05) is 0 Å². The number of carbonyl (C=O) groups excluding carboxylic acids is 3. The summed E-state index contributed by atoms with van der Waals surface area (Å²) in [4.78, 5) is 30.1. The fourth-order valence-electron chi connectivity index (χ4n) is 1.56. The van der Waals surface area contributed by atoms with Crippen LogP contribution in [0.2, 0.25) is 0 Å². The standard InChI is InChI=1S/3C6H6O3.3Na/c3*7-6(8)5-3-1-2-4-9-5;;;/h3*1-5H,(H,7,8);;;/q;;;3*+1/p-3. The molecule has 3 heterocycles. The van der Waals surface area contributed by atoms with Crippen molar-refractivity contribution >= 4 is 17.9 Å². The van der Waals surface area contributed by atoms with Crippen molar-refractivity contribution in [3.63, 3.8) is 0 Å². The van der Waals surface area contributed by atoms with Crippen molar-refractivity contribution in [2.24, 2.45) is 0 Å². The Morgan fingerprint density at radius 1 is 0.500 bits per heavy atom. The third-order valence-corrected chi connectivity index (χ3v) is 2.80. The van der Waals surface area contributed by atoms with E-state index in [1.54, 1.807) is 36.5 Å². The summed E-state index contributed by atoms with van der Waals surface area (Å²) in [6.07, 6.45) is 15.1. The molecule has 12 heteroatoms. The first kappa shape index (κ1) is 33.9. The van der Waals surface area contributed by atoms with E-state index in [1.807, 2.05) is 0 Å². The van der Waals surface area contributed by atoms with Crippen LogP contribution in [-0.4, -0.2) is 36.2 Å². The van der Waals surface area contributed by atoms with Gasteiger partial charge >= 0.3 is 88.7 Å². The molecule has 0 radical (unpaired) electrons. The zero-order valence-electron chi connectivity index (χ0n) is 16.8. The quantitative estimate of drug-likeness (QED) is 0.387. The van der Waals surface area contributed by atoms with Gasteiger partial charge in [0.05, 0.1) is 36.7 Å². The van der Waals surface area contributed by atoms with Crippen molar-refractivity contribution < 1.29 is 133 Å². The molecule has 3 rings (SSSR count). The van der Waals surface area contributed by atoms with Crippen LogP contribution in [0.5, 0.6) is 0 Å². The van der Waals surface area contributed by atoms with E-state index in [4.69, 9.17) is 0 Å². The summed E-state index contributed by atoms with van der Waals surface area (Å²) in [5, 5.41) is 30.1. The Kier molecular flexibility index (Phi) is 22.8. The van der Waals surface area contributed by atoms with Crippen molar-refractivity contribution in [1.82, 2.24) is 0 Å². The number of carboxylic acids is 3. The van der Waals surface area contributed by atoms with Gasteiger partial charge in [-0.15, -0.1) is 0 Å². The summed E-state index contributed by atoms with van der Waals surface area (Å²) in [5.41, 5.74) is 0. The molecule has 0 fully saturated rings. The average Bonchev–Trinajstić information content (AvgIpc) is 2.71. The molecule has 0 spiro atoms. The molecule has 3 aliphatic heterocycles. The minimum absolute atomic E-state index is 0. The normalized spacial score (nSPS) is 21.0. The topological polar surface area (TPSA) is 148 Å². The molecular formula is C18H15Na3O9. The van der Waals surface area contributed by atoms with Gasteiger partial charge in [0.2, 0.25) is 0 Å². The summed E-state index contributed by atoms with van der Waals surface area (Å²) in [5.74, 6) is -3.64. The molecule has 0 aromatic rings. The summed E-state index contributed by atoms with van der Waals surface area (Å²) in [6.45, 7) is 0. The maximum Gasteiger partial charge on any atom is 1.00 e. The summed E-state index contributed by atoms with van der Waals surface area (Å²) in [7, 11) is 0. The molecule has 0 bridgehead atoms. The van der Waals surface area contributed by atoms with Crippen molar-refractivity contribution in [3.05, 3.63) is 73.5 Å². The fourth-order valence-corrected chi connectivity index (χ4v) is 1.56. The molecule has 30 heavy (non-hydrogen) atoms. The third-order valence-electron chi connectivity index (χ3n) is 2.80. The first-order chi connectivity index (χ1) is 12.9. The maximum atomic E-state index is 10.0. The molecule has 9 nitrogen and oxygen atoms in total. The van der Waals surface area contributed by atoms with E-state index < -0.39 is 36.2 Å². The van der Waals surface area contributed by atoms with Gasteiger partial charge in [0.15, 0.2) is 18.3 Å². The Hall–Kier alpha value is -0.750. The number of aliphatic carboxylic acids is 3. The van der Waals surface area contributed by atoms with Crippen molar-refractivity contribution in [1.29, 1.82) is 0 Å². The number of carboxylic acid groups (broad SMARTS) is 3. The monoisotopic (exact) mass is 444 g/mol. The second kappa shape index (κ2) is 20.2. The first-order valence-corrected chi connectivity index (χ1v) is 7.50. The van der Waals surface area contributed by atoms with E-state index in [9.17, 15) is 29.7 Å². The molecule has 0 N–H and O–H groups in total. The van der Waals surface area contributed by atoms with Gasteiger partial charge in [0.1, 0.15) is 0 Å². The van der Waals surface area contributed by atoms with Gasteiger partial charge in [0.25, 0.3) is 0 Å². The number of allylic oxidation sites excluding steroid dienone is 6. The number of hydrogen-bond acceptors (Lipinski definition) is 9. The maximum absolute atomic E-state index is 10.0. The first-order valence-electron chi connectivity index (χ1n) is 7.50. The van der Waals surface area contributed by atoms with E-state index in [2.05, 4.69) is 14.2 Å². The van der Waals surface area contributed by atoms with Gasteiger partial charge in [-0.3, -0.25) is 0 Å². The van der Waals surface area contributed by atoms with E-state index in [0.29, 0.717) is 0 Å². The van der Waals surface area contributed by atoms with Crippen LogP contribution >= 0.6 is 0 Å². The molecule has 3 unspecified atom stereocenters.